The minimum absolute atomic E-state index is 0.0202. The number of para-hydroxylation sites is 1. The Morgan fingerprint density at radius 2 is 1.29 bits per heavy atom. The molecule has 0 atom stereocenters. The molecule has 0 radical (unpaired) electrons. The van der Waals surface area contributed by atoms with Crippen molar-refractivity contribution in [1.82, 2.24) is 9.55 Å². The summed E-state index contributed by atoms with van der Waals surface area (Å²) in [5.41, 5.74) is -9.21. The molecule has 4 nitrogen and oxygen atoms in total. The Balaban J connectivity index is 2.26. The third kappa shape index (κ3) is 3.62. The SMILES string of the molecule is O=c1c2ccccc2nc(C(F)(F)F)n1-c1ccc(C(O)(C(F)(F)F)C(F)(F)F)cc1. The largest absolute Gasteiger partial charge is 0.450 e. The molecule has 0 aliphatic carbocycles. The normalized spacial score (nSPS) is 13.6. The van der Waals surface area contributed by atoms with E-state index in [1.807, 2.05) is 0 Å². The standard InChI is InChI=1S/C18H9F9N2O2/c19-16(20,21)14-28-12-4-2-1-3-11(12)13(30)29(14)10-7-5-9(6-8-10)15(31,17(22,23)24)18(25,26)27/h1-8,31H. The van der Waals surface area contributed by atoms with E-state index < -0.39 is 46.8 Å². The van der Waals surface area contributed by atoms with Crippen molar-refractivity contribution in [2.45, 2.75) is 24.1 Å². The van der Waals surface area contributed by atoms with E-state index >= 15 is 0 Å². The summed E-state index contributed by atoms with van der Waals surface area (Å²) in [5, 5.41) is 9.12. The van der Waals surface area contributed by atoms with Crippen LogP contribution < -0.4 is 5.56 Å². The molecule has 1 N–H and O–H groups in total. The maximum atomic E-state index is 13.5. The molecule has 0 saturated heterocycles. The van der Waals surface area contributed by atoms with Gasteiger partial charge in [0.05, 0.1) is 16.6 Å². The van der Waals surface area contributed by atoms with Crippen LogP contribution in [0.15, 0.2) is 53.3 Å². The predicted octanol–water partition coefficient (Wildman–Crippen LogP) is 4.72. The van der Waals surface area contributed by atoms with Crippen LogP contribution >= 0.6 is 0 Å². The van der Waals surface area contributed by atoms with E-state index in [4.69, 9.17) is 0 Å². The Kier molecular flexibility index (Phi) is 5.08. The van der Waals surface area contributed by atoms with Crippen LogP contribution in [0.4, 0.5) is 39.5 Å². The third-order valence-corrected chi connectivity index (χ3v) is 4.39. The van der Waals surface area contributed by atoms with Crippen molar-refractivity contribution in [3.63, 3.8) is 0 Å². The molecule has 166 valence electrons. The molecule has 0 fully saturated rings. The van der Waals surface area contributed by atoms with Gasteiger partial charge in [-0.3, -0.25) is 9.36 Å². The van der Waals surface area contributed by atoms with Crippen molar-refractivity contribution in [1.29, 1.82) is 0 Å². The lowest BCUT2D eigenvalue weighted by Crippen LogP contribution is -2.53. The number of hydrogen-bond donors (Lipinski definition) is 1. The highest BCUT2D eigenvalue weighted by molar-refractivity contribution is 5.77. The number of alkyl halides is 9. The van der Waals surface area contributed by atoms with Gasteiger partial charge in [-0.2, -0.15) is 39.5 Å². The van der Waals surface area contributed by atoms with Crippen molar-refractivity contribution < 1.29 is 44.6 Å². The van der Waals surface area contributed by atoms with Gasteiger partial charge in [-0.15, -0.1) is 0 Å². The van der Waals surface area contributed by atoms with Crippen LogP contribution in [0.1, 0.15) is 11.4 Å². The molecular weight excluding hydrogens is 447 g/mol. The lowest BCUT2D eigenvalue weighted by molar-refractivity contribution is -0.376. The van der Waals surface area contributed by atoms with E-state index in [1.165, 1.54) is 12.1 Å². The fourth-order valence-corrected chi connectivity index (χ4v) is 2.90. The van der Waals surface area contributed by atoms with Gasteiger partial charge < -0.3 is 5.11 Å². The highest BCUT2D eigenvalue weighted by atomic mass is 19.4. The van der Waals surface area contributed by atoms with Crippen LogP contribution in [0.2, 0.25) is 0 Å². The van der Waals surface area contributed by atoms with Crippen molar-refractivity contribution >= 4 is 10.9 Å². The molecule has 0 amide bonds. The van der Waals surface area contributed by atoms with Crippen LogP contribution in [0.3, 0.4) is 0 Å². The molecular formula is C18H9F9N2O2. The van der Waals surface area contributed by atoms with Crippen LogP contribution in [-0.4, -0.2) is 27.0 Å². The summed E-state index contributed by atoms with van der Waals surface area (Å²) in [7, 11) is 0. The molecule has 1 heterocycles. The molecule has 2 aromatic carbocycles. The average molecular weight is 456 g/mol. The Hall–Kier alpha value is -3.09. The first-order valence-electron chi connectivity index (χ1n) is 8.15. The summed E-state index contributed by atoms with van der Waals surface area (Å²) in [6.45, 7) is 0. The molecule has 0 spiro atoms. The number of nitrogens with zero attached hydrogens (tertiary/aromatic N) is 2. The van der Waals surface area contributed by atoms with Gasteiger partial charge in [0.15, 0.2) is 0 Å². The molecule has 0 bridgehead atoms. The Morgan fingerprint density at radius 3 is 1.77 bits per heavy atom. The van der Waals surface area contributed by atoms with Crippen molar-refractivity contribution in [3.05, 3.63) is 70.3 Å². The lowest BCUT2D eigenvalue weighted by atomic mass is 9.92. The zero-order valence-electron chi connectivity index (χ0n) is 14.8. The lowest BCUT2D eigenvalue weighted by Gasteiger charge is -2.32. The third-order valence-electron chi connectivity index (χ3n) is 4.39. The maximum absolute atomic E-state index is 13.5. The van der Waals surface area contributed by atoms with Crippen LogP contribution in [-0.2, 0) is 11.8 Å². The predicted molar refractivity (Wildman–Crippen MR) is 88.3 cm³/mol. The summed E-state index contributed by atoms with van der Waals surface area (Å²) in [6, 6.07) is 6.06. The number of rotatable bonds is 2. The summed E-state index contributed by atoms with van der Waals surface area (Å²) in [4.78, 5) is 16.0. The number of aromatic nitrogens is 2. The number of benzene rings is 2. The van der Waals surface area contributed by atoms with E-state index in [9.17, 15) is 49.4 Å². The second-order valence-corrected chi connectivity index (χ2v) is 6.34. The minimum Gasteiger partial charge on any atom is -0.369 e. The van der Waals surface area contributed by atoms with Gasteiger partial charge in [0.2, 0.25) is 5.82 Å². The number of fused-ring (bicyclic) bond motifs is 1. The second-order valence-electron chi connectivity index (χ2n) is 6.34. The molecule has 31 heavy (non-hydrogen) atoms. The van der Waals surface area contributed by atoms with E-state index in [0.717, 1.165) is 12.1 Å². The van der Waals surface area contributed by atoms with Crippen molar-refractivity contribution in [2.24, 2.45) is 0 Å². The van der Waals surface area contributed by atoms with Crippen LogP contribution in [0.5, 0.6) is 0 Å². The zero-order chi connectivity index (χ0) is 23.4. The maximum Gasteiger partial charge on any atom is 0.450 e. The molecule has 3 rings (SSSR count). The highest BCUT2D eigenvalue weighted by Gasteiger charge is 2.71. The fraction of sp³-hybridized carbons (Fsp3) is 0.222. The molecule has 0 aliphatic heterocycles. The van der Waals surface area contributed by atoms with Gasteiger partial charge in [-0.25, -0.2) is 4.98 Å². The average Bonchev–Trinajstić information content (AvgIpc) is 2.65. The fourth-order valence-electron chi connectivity index (χ4n) is 2.90. The topological polar surface area (TPSA) is 55.1 Å². The smallest absolute Gasteiger partial charge is 0.369 e. The summed E-state index contributed by atoms with van der Waals surface area (Å²) < 4.78 is 118. The van der Waals surface area contributed by atoms with Gasteiger partial charge in [0, 0.05) is 5.56 Å². The Bertz CT molecular complexity index is 1160. The van der Waals surface area contributed by atoms with Gasteiger partial charge >= 0.3 is 18.5 Å². The van der Waals surface area contributed by atoms with Gasteiger partial charge in [-0.05, 0) is 24.3 Å². The number of aliphatic hydroxyl groups is 1. The van der Waals surface area contributed by atoms with E-state index in [2.05, 4.69) is 4.98 Å². The van der Waals surface area contributed by atoms with Gasteiger partial charge in [-0.1, -0.05) is 24.3 Å². The Labute approximate surface area is 166 Å². The molecule has 0 aliphatic rings. The van der Waals surface area contributed by atoms with Crippen LogP contribution in [0.25, 0.3) is 16.6 Å². The monoisotopic (exact) mass is 456 g/mol. The first-order valence-corrected chi connectivity index (χ1v) is 8.15. The number of hydrogen-bond acceptors (Lipinski definition) is 3. The minimum atomic E-state index is -6.18. The summed E-state index contributed by atoms with van der Waals surface area (Å²) in [6.07, 6.45) is -17.5. The molecule has 0 saturated carbocycles. The molecule has 0 unspecified atom stereocenters. The van der Waals surface area contributed by atoms with Crippen LogP contribution in [0, 0.1) is 0 Å². The first kappa shape index (κ1) is 22.6. The van der Waals surface area contributed by atoms with E-state index in [0.29, 0.717) is 12.1 Å². The highest BCUT2D eigenvalue weighted by Crippen LogP contribution is 2.50. The zero-order valence-corrected chi connectivity index (χ0v) is 14.8. The number of halogens is 9. The summed E-state index contributed by atoms with van der Waals surface area (Å²) >= 11 is 0. The van der Waals surface area contributed by atoms with Gasteiger partial charge in [0.25, 0.3) is 11.2 Å². The molecule has 1 aromatic heterocycles. The van der Waals surface area contributed by atoms with E-state index in [1.54, 1.807) is 0 Å². The molecule has 3 aromatic rings. The van der Waals surface area contributed by atoms with Crippen molar-refractivity contribution in [2.75, 3.05) is 0 Å². The van der Waals surface area contributed by atoms with E-state index in [-0.39, 0.29) is 27.6 Å². The van der Waals surface area contributed by atoms with Crippen molar-refractivity contribution in [3.8, 4) is 5.69 Å². The summed E-state index contributed by atoms with van der Waals surface area (Å²) in [5.74, 6) is -1.73. The second kappa shape index (κ2) is 6.97. The quantitative estimate of drug-likeness (QED) is 0.569. The Morgan fingerprint density at radius 1 is 0.774 bits per heavy atom. The molecule has 13 heteroatoms. The first-order chi connectivity index (χ1) is 14.1. The van der Waals surface area contributed by atoms with Gasteiger partial charge in [0.1, 0.15) is 0 Å².